The molecule has 3 heteroatoms. The molecule has 0 bridgehead atoms. The van der Waals surface area contributed by atoms with Gasteiger partial charge in [0.2, 0.25) is 5.91 Å². The first-order valence-electron chi connectivity index (χ1n) is 6.19. The third-order valence-electron chi connectivity index (χ3n) is 3.15. The van der Waals surface area contributed by atoms with Crippen molar-refractivity contribution in [3.05, 3.63) is 0 Å². The highest BCUT2D eigenvalue weighted by molar-refractivity contribution is 5.81. The van der Waals surface area contributed by atoms with Gasteiger partial charge in [0.05, 0.1) is 6.04 Å². The van der Waals surface area contributed by atoms with E-state index in [4.69, 9.17) is 5.73 Å². The summed E-state index contributed by atoms with van der Waals surface area (Å²) in [5.41, 5.74) is 5.89. The van der Waals surface area contributed by atoms with Gasteiger partial charge in [0, 0.05) is 13.1 Å². The Morgan fingerprint density at radius 2 is 2.33 bits per heavy atom. The Labute approximate surface area is 93.0 Å². The lowest BCUT2D eigenvalue weighted by molar-refractivity contribution is -0.134. The lowest BCUT2D eigenvalue weighted by Crippen LogP contribution is -2.47. The summed E-state index contributed by atoms with van der Waals surface area (Å²) in [6, 6.07) is -0.268. The van der Waals surface area contributed by atoms with Crippen LogP contribution in [0.2, 0.25) is 0 Å². The molecule has 0 aliphatic carbocycles. The molecule has 1 aliphatic heterocycles. The molecule has 1 rings (SSSR count). The number of amides is 1. The topological polar surface area (TPSA) is 46.3 Å². The van der Waals surface area contributed by atoms with Crippen molar-refractivity contribution in [3.63, 3.8) is 0 Å². The fourth-order valence-electron chi connectivity index (χ4n) is 2.17. The van der Waals surface area contributed by atoms with Crippen molar-refractivity contribution < 1.29 is 4.79 Å². The Balaban J connectivity index is 2.37. The number of carbonyl (C=O) groups is 1. The predicted octanol–water partition coefficient (Wildman–Crippen LogP) is 1.76. The van der Waals surface area contributed by atoms with E-state index in [-0.39, 0.29) is 11.9 Å². The molecule has 3 nitrogen and oxygen atoms in total. The van der Waals surface area contributed by atoms with Crippen LogP contribution in [-0.4, -0.2) is 29.9 Å². The van der Waals surface area contributed by atoms with E-state index in [1.54, 1.807) is 0 Å². The maximum Gasteiger partial charge on any atom is 0.239 e. The number of carbonyl (C=O) groups excluding carboxylic acids is 1. The number of piperidine rings is 1. The van der Waals surface area contributed by atoms with E-state index in [1.807, 2.05) is 4.90 Å². The van der Waals surface area contributed by atoms with Crippen molar-refractivity contribution in [1.82, 2.24) is 4.90 Å². The highest BCUT2D eigenvalue weighted by atomic mass is 16.2. The third kappa shape index (κ3) is 3.82. The van der Waals surface area contributed by atoms with Gasteiger partial charge >= 0.3 is 0 Å². The fraction of sp³-hybridized carbons (Fsp3) is 0.917. The number of hydrogen-bond acceptors (Lipinski definition) is 2. The van der Waals surface area contributed by atoms with Crippen LogP contribution in [0.1, 0.15) is 46.0 Å². The van der Waals surface area contributed by atoms with Crippen molar-refractivity contribution >= 4 is 5.91 Å². The lowest BCUT2D eigenvalue weighted by Gasteiger charge is -2.32. The van der Waals surface area contributed by atoms with Gasteiger partial charge in [0.15, 0.2) is 0 Å². The molecule has 0 aromatic carbocycles. The van der Waals surface area contributed by atoms with Crippen molar-refractivity contribution in [1.29, 1.82) is 0 Å². The first-order chi connectivity index (χ1) is 7.15. The number of unbranched alkanes of at least 4 members (excludes halogenated alkanes) is 1. The molecule has 0 spiro atoms. The number of hydrogen-bond donors (Lipinski definition) is 1. The van der Waals surface area contributed by atoms with Crippen LogP contribution in [0.5, 0.6) is 0 Å². The highest BCUT2D eigenvalue weighted by Crippen LogP contribution is 2.16. The van der Waals surface area contributed by atoms with Gasteiger partial charge in [-0.25, -0.2) is 0 Å². The van der Waals surface area contributed by atoms with Crippen molar-refractivity contribution in [2.75, 3.05) is 13.1 Å². The van der Waals surface area contributed by atoms with Crippen molar-refractivity contribution in [3.8, 4) is 0 Å². The molecule has 0 saturated carbocycles. The molecule has 2 atom stereocenters. The second-order valence-electron chi connectivity index (χ2n) is 4.78. The molecule has 1 saturated heterocycles. The molecule has 1 aliphatic rings. The number of nitrogens with zero attached hydrogens (tertiary/aromatic N) is 1. The van der Waals surface area contributed by atoms with Crippen LogP contribution in [0, 0.1) is 5.92 Å². The summed E-state index contributed by atoms with van der Waals surface area (Å²) < 4.78 is 0. The van der Waals surface area contributed by atoms with Gasteiger partial charge < -0.3 is 10.6 Å². The molecule has 2 N–H and O–H groups in total. The summed E-state index contributed by atoms with van der Waals surface area (Å²) in [6.45, 7) is 6.14. The van der Waals surface area contributed by atoms with Gasteiger partial charge in [-0.1, -0.05) is 26.7 Å². The van der Waals surface area contributed by atoms with Crippen LogP contribution >= 0.6 is 0 Å². The van der Waals surface area contributed by atoms with Gasteiger partial charge in [-0.05, 0) is 25.2 Å². The standard InChI is InChI=1S/C12H24N2O/c1-3-4-7-11(13)12(15)14-8-5-6-10(2)9-14/h10-11H,3-9,13H2,1-2H3. The van der Waals surface area contributed by atoms with Gasteiger partial charge in [-0.3, -0.25) is 4.79 Å². The fourth-order valence-corrected chi connectivity index (χ4v) is 2.17. The largest absolute Gasteiger partial charge is 0.341 e. The van der Waals surface area contributed by atoms with Crippen molar-refractivity contribution in [2.24, 2.45) is 11.7 Å². The number of rotatable bonds is 4. The molecule has 0 aromatic rings. The van der Waals surface area contributed by atoms with Gasteiger partial charge in [0.25, 0.3) is 0 Å². The molecule has 1 heterocycles. The summed E-state index contributed by atoms with van der Waals surface area (Å²) in [5, 5.41) is 0. The molecular formula is C12H24N2O. The number of nitrogens with two attached hydrogens (primary N) is 1. The van der Waals surface area contributed by atoms with Crippen LogP contribution in [0.25, 0.3) is 0 Å². The summed E-state index contributed by atoms with van der Waals surface area (Å²) in [5.74, 6) is 0.802. The SMILES string of the molecule is CCCCC(N)C(=O)N1CCCC(C)C1. The molecule has 1 amide bonds. The summed E-state index contributed by atoms with van der Waals surface area (Å²) in [6.07, 6.45) is 5.37. The first kappa shape index (κ1) is 12.5. The lowest BCUT2D eigenvalue weighted by atomic mass is 9.99. The minimum atomic E-state index is -0.268. The third-order valence-corrected chi connectivity index (χ3v) is 3.15. The molecule has 2 unspecified atom stereocenters. The van der Waals surface area contributed by atoms with E-state index in [9.17, 15) is 4.79 Å². The summed E-state index contributed by atoms with van der Waals surface area (Å²) in [7, 11) is 0. The van der Waals surface area contributed by atoms with Crippen LogP contribution in [0.3, 0.4) is 0 Å². The zero-order valence-electron chi connectivity index (χ0n) is 10.0. The average molecular weight is 212 g/mol. The van der Waals surface area contributed by atoms with E-state index >= 15 is 0 Å². The van der Waals surface area contributed by atoms with Gasteiger partial charge in [0.1, 0.15) is 0 Å². The van der Waals surface area contributed by atoms with E-state index in [0.717, 1.165) is 38.8 Å². The zero-order chi connectivity index (χ0) is 11.3. The average Bonchev–Trinajstić information content (AvgIpc) is 2.24. The Kier molecular flexibility index (Phi) is 5.09. The smallest absolute Gasteiger partial charge is 0.239 e. The Bertz CT molecular complexity index is 206. The van der Waals surface area contributed by atoms with Crippen LogP contribution < -0.4 is 5.73 Å². The van der Waals surface area contributed by atoms with E-state index < -0.39 is 0 Å². The highest BCUT2D eigenvalue weighted by Gasteiger charge is 2.24. The van der Waals surface area contributed by atoms with Crippen LogP contribution in [0.4, 0.5) is 0 Å². The monoisotopic (exact) mass is 212 g/mol. The van der Waals surface area contributed by atoms with E-state index in [2.05, 4.69) is 13.8 Å². The van der Waals surface area contributed by atoms with Crippen LogP contribution in [-0.2, 0) is 4.79 Å². The maximum atomic E-state index is 12.0. The van der Waals surface area contributed by atoms with Crippen LogP contribution in [0.15, 0.2) is 0 Å². The first-order valence-corrected chi connectivity index (χ1v) is 6.19. The normalized spacial score (nSPS) is 23.9. The molecule has 88 valence electrons. The quantitative estimate of drug-likeness (QED) is 0.772. The predicted molar refractivity (Wildman–Crippen MR) is 62.5 cm³/mol. The summed E-state index contributed by atoms with van der Waals surface area (Å²) in [4.78, 5) is 13.9. The van der Waals surface area contributed by atoms with Gasteiger partial charge in [-0.2, -0.15) is 0 Å². The van der Waals surface area contributed by atoms with Gasteiger partial charge in [-0.15, -0.1) is 0 Å². The Hall–Kier alpha value is -0.570. The Morgan fingerprint density at radius 3 is 2.93 bits per heavy atom. The molecule has 0 radical (unpaired) electrons. The second-order valence-corrected chi connectivity index (χ2v) is 4.78. The molecule has 15 heavy (non-hydrogen) atoms. The summed E-state index contributed by atoms with van der Waals surface area (Å²) >= 11 is 0. The minimum Gasteiger partial charge on any atom is -0.341 e. The zero-order valence-corrected chi connectivity index (χ0v) is 10.0. The molecular weight excluding hydrogens is 188 g/mol. The Morgan fingerprint density at radius 1 is 1.60 bits per heavy atom. The van der Waals surface area contributed by atoms with E-state index in [0.29, 0.717) is 5.92 Å². The second kappa shape index (κ2) is 6.11. The minimum absolute atomic E-state index is 0.162. The molecule has 1 fully saturated rings. The molecule has 0 aromatic heterocycles. The van der Waals surface area contributed by atoms with Crippen molar-refractivity contribution in [2.45, 2.75) is 52.0 Å². The number of likely N-dealkylation sites (tertiary alicyclic amines) is 1. The maximum absolute atomic E-state index is 12.0. The van der Waals surface area contributed by atoms with E-state index in [1.165, 1.54) is 6.42 Å².